The van der Waals surface area contributed by atoms with Gasteiger partial charge in [-0.25, -0.2) is 0 Å². The van der Waals surface area contributed by atoms with Crippen LogP contribution < -0.4 is 10.5 Å². The number of alkyl halides is 3. The maximum atomic E-state index is 12.4. The molecule has 0 spiro atoms. The molecular formula is C10H10F3NO2. The van der Waals surface area contributed by atoms with Crippen molar-refractivity contribution < 1.29 is 22.7 Å². The predicted octanol–water partition coefficient (Wildman–Crippen LogP) is 1.86. The highest BCUT2D eigenvalue weighted by Crippen LogP contribution is 2.33. The molecule has 0 amide bonds. The van der Waals surface area contributed by atoms with Gasteiger partial charge in [0.25, 0.3) is 0 Å². The monoisotopic (exact) mass is 233 g/mol. The molecule has 0 fully saturated rings. The fourth-order valence-corrected chi connectivity index (χ4v) is 1.21. The molecule has 0 saturated heterocycles. The van der Waals surface area contributed by atoms with Gasteiger partial charge in [0.1, 0.15) is 5.75 Å². The molecule has 0 aliphatic heterocycles. The third-order valence-electron chi connectivity index (χ3n) is 2.01. The molecule has 0 aliphatic carbocycles. The van der Waals surface area contributed by atoms with E-state index < -0.39 is 17.5 Å². The van der Waals surface area contributed by atoms with Crippen LogP contribution in [0.2, 0.25) is 0 Å². The van der Waals surface area contributed by atoms with Gasteiger partial charge in [0.05, 0.1) is 24.8 Å². The molecular weight excluding hydrogens is 223 g/mol. The van der Waals surface area contributed by atoms with Crippen molar-refractivity contribution in [2.24, 2.45) is 5.73 Å². The highest BCUT2D eigenvalue weighted by molar-refractivity contribution is 6.00. The number of carbonyl (C=O) groups is 1. The van der Waals surface area contributed by atoms with Crippen LogP contribution in [-0.4, -0.2) is 19.4 Å². The van der Waals surface area contributed by atoms with Crippen LogP contribution in [0.3, 0.4) is 0 Å². The maximum absolute atomic E-state index is 12.4. The molecule has 2 N–H and O–H groups in total. The summed E-state index contributed by atoms with van der Waals surface area (Å²) >= 11 is 0. The number of halogens is 3. The van der Waals surface area contributed by atoms with Gasteiger partial charge in [0.2, 0.25) is 0 Å². The van der Waals surface area contributed by atoms with E-state index in [2.05, 4.69) is 0 Å². The van der Waals surface area contributed by atoms with Crippen LogP contribution in [-0.2, 0) is 6.18 Å². The quantitative estimate of drug-likeness (QED) is 0.810. The molecule has 0 atom stereocenters. The molecule has 1 rings (SSSR count). The average Bonchev–Trinajstić information content (AvgIpc) is 2.26. The molecule has 0 aromatic heterocycles. The molecule has 0 bridgehead atoms. The van der Waals surface area contributed by atoms with Crippen LogP contribution >= 0.6 is 0 Å². The number of carbonyl (C=O) groups excluding carboxylic acids is 1. The number of ether oxygens (including phenoxy) is 1. The fraction of sp³-hybridized carbons (Fsp3) is 0.300. The number of ketones is 1. The van der Waals surface area contributed by atoms with Crippen molar-refractivity contribution in [2.45, 2.75) is 6.18 Å². The zero-order valence-electron chi connectivity index (χ0n) is 8.47. The van der Waals surface area contributed by atoms with Crippen LogP contribution in [0, 0.1) is 0 Å². The molecule has 0 aliphatic rings. The van der Waals surface area contributed by atoms with Gasteiger partial charge in [-0.05, 0) is 18.2 Å². The zero-order valence-corrected chi connectivity index (χ0v) is 8.47. The van der Waals surface area contributed by atoms with E-state index in [9.17, 15) is 18.0 Å². The highest BCUT2D eigenvalue weighted by atomic mass is 19.4. The Morgan fingerprint density at radius 1 is 1.44 bits per heavy atom. The van der Waals surface area contributed by atoms with Gasteiger partial charge in [-0.1, -0.05) is 0 Å². The average molecular weight is 233 g/mol. The van der Waals surface area contributed by atoms with E-state index in [1.54, 1.807) is 0 Å². The minimum atomic E-state index is -4.46. The van der Waals surface area contributed by atoms with Gasteiger partial charge in [-0.15, -0.1) is 0 Å². The van der Waals surface area contributed by atoms with Crippen LogP contribution in [0.15, 0.2) is 18.2 Å². The van der Waals surface area contributed by atoms with Crippen LogP contribution in [0.25, 0.3) is 0 Å². The summed E-state index contributed by atoms with van der Waals surface area (Å²) in [6, 6.07) is 2.67. The van der Waals surface area contributed by atoms with Gasteiger partial charge in [0.15, 0.2) is 5.78 Å². The van der Waals surface area contributed by atoms with Crippen molar-refractivity contribution >= 4 is 5.78 Å². The smallest absolute Gasteiger partial charge is 0.416 e. The zero-order chi connectivity index (χ0) is 12.3. The fourth-order valence-electron chi connectivity index (χ4n) is 1.21. The Labute approximate surface area is 90.0 Å². The van der Waals surface area contributed by atoms with Crippen LogP contribution in [0.4, 0.5) is 13.2 Å². The number of nitrogens with two attached hydrogens (primary N) is 1. The predicted molar refractivity (Wildman–Crippen MR) is 51.4 cm³/mol. The van der Waals surface area contributed by atoms with Gasteiger partial charge in [0, 0.05) is 0 Å². The second-order valence-corrected chi connectivity index (χ2v) is 3.04. The molecule has 0 heterocycles. The van der Waals surface area contributed by atoms with E-state index in [1.807, 2.05) is 0 Å². The summed E-state index contributed by atoms with van der Waals surface area (Å²) in [4.78, 5) is 11.3. The Balaban J connectivity index is 3.22. The van der Waals surface area contributed by atoms with Crippen molar-refractivity contribution in [3.63, 3.8) is 0 Å². The highest BCUT2D eigenvalue weighted by Gasteiger charge is 2.31. The first-order chi connectivity index (χ1) is 7.40. The number of Topliss-reactive ketones (excluding diaryl/α,β-unsaturated/α-hetero) is 1. The normalized spacial score (nSPS) is 11.3. The number of benzene rings is 1. The van der Waals surface area contributed by atoms with Crippen molar-refractivity contribution in [1.82, 2.24) is 0 Å². The van der Waals surface area contributed by atoms with E-state index in [0.717, 1.165) is 18.2 Å². The Morgan fingerprint density at radius 2 is 2.06 bits per heavy atom. The minimum Gasteiger partial charge on any atom is -0.496 e. The lowest BCUT2D eigenvalue weighted by Gasteiger charge is -2.11. The molecule has 3 nitrogen and oxygen atoms in total. The van der Waals surface area contributed by atoms with Crippen molar-refractivity contribution in [3.05, 3.63) is 29.3 Å². The molecule has 88 valence electrons. The van der Waals surface area contributed by atoms with Gasteiger partial charge >= 0.3 is 6.18 Å². The van der Waals surface area contributed by atoms with Crippen molar-refractivity contribution in [1.29, 1.82) is 0 Å². The third kappa shape index (κ3) is 2.52. The Hall–Kier alpha value is -1.56. The summed E-state index contributed by atoms with van der Waals surface area (Å²) in [6.45, 7) is -0.276. The van der Waals surface area contributed by atoms with E-state index >= 15 is 0 Å². The van der Waals surface area contributed by atoms with Gasteiger partial charge in [-0.2, -0.15) is 13.2 Å². The second-order valence-electron chi connectivity index (χ2n) is 3.04. The first-order valence-corrected chi connectivity index (χ1v) is 4.38. The SMILES string of the molecule is COc1cc(C(F)(F)F)ccc1C(=O)CN. The summed E-state index contributed by atoms with van der Waals surface area (Å²) < 4.78 is 41.8. The molecule has 0 unspecified atom stereocenters. The first kappa shape index (κ1) is 12.5. The van der Waals surface area contributed by atoms with E-state index in [-0.39, 0.29) is 17.9 Å². The summed E-state index contributed by atoms with van der Waals surface area (Å²) in [5.74, 6) is -0.587. The lowest BCUT2D eigenvalue weighted by Crippen LogP contribution is -2.15. The number of hydrogen-bond acceptors (Lipinski definition) is 3. The summed E-state index contributed by atoms with van der Waals surface area (Å²) in [6.07, 6.45) is -4.46. The Morgan fingerprint density at radius 3 is 2.50 bits per heavy atom. The standard InChI is InChI=1S/C10H10F3NO2/c1-16-9-4-6(10(11,12)13)2-3-7(9)8(15)5-14/h2-4H,5,14H2,1H3. The Bertz CT molecular complexity index is 402. The number of methoxy groups -OCH3 is 1. The largest absolute Gasteiger partial charge is 0.496 e. The molecule has 1 aromatic carbocycles. The molecule has 16 heavy (non-hydrogen) atoms. The van der Waals surface area contributed by atoms with Crippen molar-refractivity contribution in [3.8, 4) is 5.75 Å². The topological polar surface area (TPSA) is 52.3 Å². The Kier molecular flexibility index (Phi) is 3.54. The van der Waals surface area contributed by atoms with E-state index in [4.69, 9.17) is 10.5 Å². The third-order valence-corrected chi connectivity index (χ3v) is 2.01. The van der Waals surface area contributed by atoms with Crippen molar-refractivity contribution in [2.75, 3.05) is 13.7 Å². The molecule has 1 aromatic rings. The maximum Gasteiger partial charge on any atom is 0.416 e. The lowest BCUT2D eigenvalue weighted by molar-refractivity contribution is -0.137. The van der Waals surface area contributed by atoms with Crippen LogP contribution in [0.1, 0.15) is 15.9 Å². The van der Waals surface area contributed by atoms with E-state index in [0.29, 0.717) is 0 Å². The van der Waals surface area contributed by atoms with Gasteiger partial charge < -0.3 is 10.5 Å². The summed E-state index contributed by atoms with van der Waals surface area (Å²) in [7, 11) is 1.20. The van der Waals surface area contributed by atoms with E-state index in [1.165, 1.54) is 7.11 Å². The minimum absolute atomic E-state index is 0.0537. The second kappa shape index (κ2) is 4.52. The number of rotatable bonds is 3. The molecule has 6 heteroatoms. The number of hydrogen-bond donors (Lipinski definition) is 1. The van der Waals surface area contributed by atoms with Gasteiger partial charge in [-0.3, -0.25) is 4.79 Å². The first-order valence-electron chi connectivity index (χ1n) is 4.38. The lowest BCUT2D eigenvalue weighted by atomic mass is 10.1. The molecule has 0 radical (unpaired) electrons. The van der Waals surface area contributed by atoms with Crippen LogP contribution in [0.5, 0.6) is 5.75 Å². The summed E-state index contributed by atoms with van der Waals surface area (Å²) in [5, 5.41) is 0. The molecule has 0 saturated carbocycles. The summed E-state index contributed by atoms with van der Waals surface area (Å²) in [5.41, 5.74) is 4.31.